The number of carbonyl (C=O) groups is 1. The molecule has 0 bridgehead atoms. The monoisotopic (exact) mass is 382 g/mol. The van der Waals surface area contributed by atoms with Crippen LogP contribution in [0.25, 0.3) is 6.08 Å². The van der Waals surface area contributed by atoms with Gasteiger partial charge in [-0.2, -0.15) is 0 Å². The zero-order chi connectivity index (χ0) is 10.7. The van der Waals surface area contributed by atoms with Crippen LogP contribution in [0, 0.1) is 0 Å². The van der Waals surface area contributed by atoms with Crippen molar-refractivity contribution in [2.45, 2.75) is 0 Å². The van der Waals surface area contributed by atoms with Gasteiger partial charge in [-0.1, -0.05) is 0 Å². The molecule has 0 spiro atoms. The number of hydrogen-bond donors (Lipinski definition) is 1. The van der Waals surface area contributed by atoms with Gasteiger partial charge in [0.2, 0.25) is 0 Å². The highest BCUT2D eigenvalue weighted by Crippen LogP contribution is 2.32. The molecule has 0 aliphatic rings. The average Bonchev–Trinajstić information content (AvgIpc) is 2.10. The fourth-order valence-corrected chi connectivity index (χ4v) is 2.29. The highest BCUT2D eigenvalue weighted by Gasteiger charge is 2.02. The summed E-state index contributed by atoms with van der Waals surface area (Å²) in [6, 6.07) is 3.66. The molecule has 0 unspecified atom stereocenters. The summed E-state index contributed by atoms with van der Waals surface area (Å²) in [5.41, 5.74) is 0.814. The van der Waals surface area contributed by atoms with Crippen LogP contribution in [0.2, 0.25) is 0 Å². The van der Waals surface area contributed by atoms with Crippen LogP contribution in [0.1, 0.15) is 5.56 Å². The van der Waals surface area contributed by atoms with Crippen LogP contribution in [-0.4, -0.2) is 11.1 Å². The molecule has 5 heteroatoms. The molecule has 2 nitrogen and oxygen atoms in total. The van der Waals surface area contributed by atoms with Crippen LogP contribution >= 0.6 is 47.8 Å². The molecule has 1 aromatic rings. The summed E-state index contributed by atoms with van der Waals surface area (Å²) in [7, 11) is 0. The normalized spacial score (nSPS) is 10.8. The van der Waals surface area contributed by atoms with Gasteiger partial charge in [0.05, 0.1) is 0 Å². The zero-order valence-corrected chi connectivity index (χ0v) is 11.6. The van der Waals surface area contributed by atoms with Gasteiger partial charge in [-0.3, -0.25) is 0 Å². The van der Waals surface area contributed by atoms with E-state index in [-0.39, 0.29) is 0 Å². The molecule has 14 heavy (non-hydrogen) atoms. The fraction of sp³-hybridized carbons (Fsp3) is 0. The summed E-state index contributed by atoms with van der Waals surface area (Å²) in [4.78, 5) is 10.3. The molecular formula is C9H5Br3O2. The lowest BCUT2D eigenvalue weighted by atomic mass is 10.2. The van der Waals surface area contributed by atoms with Crippen molar-refractivity contribution in [3.8, 4) is 0 Å². The third-order valence-electron chi connectivity index (χ3n) is 1.42. The molecule has 0 saturated heterocycles. The first-order valence-electron chi connectivity index (χ1n) is 3.56. The molecule has 0 amide bonds. The van der Waals surface area contributed by atoms with Crippen LogP contribution < -0.4 is 0 Å². The SMILES string of the molecule is O=C(O)C=Cc1cc(Br)c(Br)c(Br)c1. The highest BCUT2D eigenvalue weighted by molar-refractivity contribution is 9.14. The van der Waals surface area contributed by atoms with E-state index in [1.165, 1.54) is 6.08 Å². The maximum absolute atomic E-state index is 10.3. The Hall–Kier alpha value is -0.130. The van der Waals surface area contributed by atoms with E-state index in [0.29, 0.717) is 0 Å². The average molecular weight is 385 g/mol. The van der Waals surface area contributed by atoms with Gasteiger partial charge in [0.25, 0.3) is 0 Å². The molecule has 0 saturated carbocycles. The Labute approximate surface area is 106 Å². The van der Waals surface area contributed by atoms with Crippen LogP contribution in [0.15, 0.2) is 31.6 Å². The maximum atomic E-state index is 10.3. The predicted molar refractivity (Wildman–Crippen MR) is 66.2 cm³/mol. The number of halogens is 3. The maximum Gasteiger partial charge on any atom is 0.328 e. The number of aliphatic carboxylic acids is 1. The summed E-state index contributed by atoms with van der Waals surface area (Å²) >= 11 is 10.1. The Kier molecular flexibility index (Phi) is 4.34. The molecule has 0 radical (unpaired) electrons. The summed E-state index contributed by atoms with van der Waals surface area (Å²) in [6.45, 7) is 0. The third kappa shape index (κ3) is 3.22. The third-order valence-corrected chi connectivity index (χ3v) is 4.59. The number of benzene rings is 1. The molecule has 0 aliphatic heterocycles. The minimum atomic E-state index is -0.958. The molecular weight excluding hydrogens is 380 g/mol. The van der Waals surface area contributed by atoms with Gasteiger partial charge in [0, 0.05) is 19.5 Å². The zero-order valence-electron chi connectivity index (χ0n) is 6.80. The summed E-state index contributed by atoms with van der Waals surface area (Å²) in [5, 5.41) is 8.45. The largest absolute Gasteiger partial charge is 0.478 e. The minimum absolute atomic E-state index is 0.814. The standard InChI is InChI=1S/C9H5Br3O2/c10-6-3-5(1-2-8(13)14)4-7(11)9(6)12/h1-4H,(H,13,14). The first-order valence-corrected chi connectivity index (χ1v) is 5.94. The Morgan fingerprint density at radius 3 is 2.14 bits per heavy atom. The lowest BCUT2D eigenvalue weighted by Gasteiger charge is -2.01. The molecule has 0 atom stereocenters. The van der Waals surface area contributed by atoms with Crippen molar-refractivity contribution < 1.29 is 9.90 Å². The number of rotatable bonds is 2. The van der Waals surface area contributed by atoms with Gasteiger partial charge >= 0.3 is 5.97 Å². The number of hydrogen-bond acceptors (Lipinski definition) is 1. The summed E-state index contributed by atoms with van der Waals surface area (Å²) in [5.74, 6) is -0.958. The van der Waals surface area contributed by atoms with E-state index in [1.807, 2.05) is 12.1 Å². The number of carboxylic acid groups (broad SMARTS) is 1. The van der Waals surface area contributed by atoms with E-state index in [4.69, 9.17) is 5.11 Å². The van der Waals surface area contributed by atoms with Crippen LogP contribution in [-0.2, 0) is 4.79 Å². The molecule has 0 fully saturated rings. The quantitative estimate of drug-likeness (QED) is 0.616. The van der Waals surface area contributed by atoms with E-state index in [1.54, 1.807) is 0 Å². The van der Waals surface area contributed by atoms with Gasteiger partial charge in [-0.25, -0.2) is 4.79 Å². The Morgan fingerprint density at radius 2 is 1.71 bits per heavy atom. The fourth-order valence-electron chi connectivity index (χ4n) is 0.839. The van der Waals surface area contributed by atoms with Crippen molar-refractivity contribution in [1.29, 1.82) is 0 Å². The van der Waals surface area contributed by atoms with Crippen molar-refractivity contribution in [2.24, 2.45) is 0 Å². The van der Waals surface area contributed by atoms with Crippen molar-refractivity contribution in [2.75, 3.05) is 0 Å². The van der Waals surface area contributed by atoms with E-state index in [0.717, 1.165) is 25.1 Å². The second-order valence-corrected chi connectivity index (χ2v) is 4.97. The molecule has 1 aromatic carbocycles. The van der Waals surface area contributed by atoms with Gasteiger partial charge in [-0.15, -0.1) is 0 Å². The molecule has 74 valence electrons. The lowest BCUT2D eigenvalue weighted by Crippen LogP contribution is -1.86. The minimum Gasteiger partial charge on any atom is -0.478 e. The second kappa shape index (κ2) is 5.09. The molecule has 0 heterocycles. The highest BCUT2D eigenvalue weighted by atomic mass is 79.9. The van der Waals surface area contributed by atoms with Gasteiger partial charge in [0.1, 0.15) is 0 Å². The van der Waals surface area contributed by atoms with Crippen molar-refractivity contribution in [1.82, 2.24) is 0 Å². The molecule has 1 rings (SSSR count). The Morgan fingerprint density at radius 1 is 1.21 bits per heavy atom. The lowest BCUT2D eigenvalue weighted by molar-refractivity contribution is -0.131. The summed E-state index contributed by atoms with van der Waals surface area (Å²) < 4.78 is 2.65. The van der Waals surface area contributed by atoms with Gasteiger partial charge in [0.15, 0.2) is 0 Å². The Bertz CT molecular complexity index is 376. The van der Waals surface area contributed by atoms with Gasteiger partial charge in [-0.05, 0) is 71.6 Å². The van der Waals surface area contributed by atoms with Gasteiger partial charge < -0.3 is 5.11 Å². The van der Waals surface area contributed by atoms with Crippen LogP contribution in [0.4, 0.5) is 0 Å². The van der Waals surface area contributed by atoms with Crippen molar-refractivity contribution in [3.05, 3.63) is 37.2 Å². The predicted octanol–water partition coefficient (Wildman–Crippen LogP) is 4.07. The molecule has 0 aromatic heterocycles. The molecule has 1 N–H and O–H groups in total. The first kappa shape index (κ1) is 11.9. The van der Waals surface area contributed by atoms with E-state index >= 15 is 0 Å². The van der Waals surface area contributed by atoms with Crippen molar-refractivity contribution in [3.63, 3.8) is 0 Å². The Balaban J connectivity index is 3.07. The van der Waals surface area contributed by atoms with Crippen LogP contribution in [0.3, 0.4) is 0 Å². The second-order valence-electron chi connectivity index (χ2n) is 2.47. The number of carboxylic acids is 1. The van der Waals surface area contributed by atoms with Crippen LogP contribution in [0.5, 0.6) is 0 Å². The smallest absolute Gasteiger partial charge is 0.328 e. The topological polar surface area (TPSA) is 37.3 Å². The van der Waals surface area contributed by atoms with Crippen molar-refractivity contribution >= 4 is 59.8 Å². The summed E-state index contributed by atoms with van der Waals surface area (Å²) in [6.07, 6.45) is 2.63. The molecule has 0 aliphatic carbocycles. The van der Waals surface area contributed by atoms with E-state index in [9.17, 15) is 4.79 Å². The first-order chi connectivity index (χ1) is 6.50. The van der Waals surface area contributed by atoms with E-state index in [2.05, 4.69) is 47.8 Å². The van der Waals surface area contributed by atoms with E-state index < -0.39 is 5.97 Å².